The van der Waals surface area contributed by atoms with Crippen LogP contribution in [-0.2, 0) is 5.54 Å². The van der Waals surface area contributed by atoms with Crippen LogP contribution in [0.5, 0.6) is 11.5 Å². The molecule has 1 unspecified atom stereocenters. The van der Waals surface area contributed by atoms with E-state index in [1.54, 1.807) is 14.2 Å². The second kappa shape index (κ2) is 7.41. The maximum absolute atomic E-state index is 14.1. The van der Waals surface area contributed by atoms with Crippen LogP contribution in [0.1, 0.15) is 32.6 Å². The molecule has 1 spiro atoms. The van der Waals surface area contributed by atoms with Crippen LogP contribution in [-0.4, -0.2) is 26.5 Å². The first-order valence-corrected chi connectivity index (χ1v) is 10.6. The van der Waals surface area contributed by atoms with E-state index in [4.69, 9.17) is 9.47 Å². The highest BCUT2D eigenvalue weighted by Gasteiger charge is 2.54. The van der Waals surface area contributed by atoms with Gasteiger partial charge in [-0.1, -0.05) is 35.9 Å². The number of hydrogen-bond acceptors (Lipinski definition) is 4. The van der Waals surface area contributed by atoms with Gasteiger partial charge in [0.05, 0.1) is 14.2 Å². The molecule has 0 saturated heterocycles. The fourth-order valence-electron chi connectivity index (χ4n) is 4.94. The number of carbonyl (C=O) groups is 1. The largest absolute Gasteiger partial charge is 0.497 e. The summed E-state index contributed by atoms with van der Waals surface area (Å²) in [7, 11) is 3.31. The number of carbonyl (C=O) groups excluding carboxylic acids is 1. The third-order valence-corrected chi connectivity index (χ3v) is 6.45. The number of Topliss-reactive ketones (excluding diaryl/α,β-unsaturated/α-hetero) is 1. The summed E-state index contributed by atoms with van der Waals surface area (Å²) in [5.74, 6) is 1.60. The number of aryl methyl sites for hydroxylation is 1. The van der Waals surface area contributed by atoms with Crippen molar-refractivity contribution in [2.45, 2.75) is 12.5 Å². The maximum Gasteiger partial charge on any atom is 0.199 e. The fraction of sp³-hybridized carbons (Fsp3) is 0.179. The number of fused-ring (bicyclic) bond motifs is 3. The van der Waals surface area contributed by atoms with Gasteiger partial charge >= 0.3 is 0 Å². The summed E-state index contributed by atoms with van der Waals surface area (Å²) in [6, 6.07) is 20.0. The van der Waals surface area contributed by atoms with E-state index >= 15 is 0 Å². The van der Waals surface area contributed by atoms with E-state index in [0.29, 0.717) is 6.54 Å². The van der Waals surface area contributed by atoms with E-state index < -0.39 is 5.54 Å². The smallest absolute Gasteiger partial charge is 0.199 e. The Morgan fingerprint density at radius 3 is 2.34 bits per heavy atom. The van der Waals surface area contributed by atoms with Crippen LogP contribution in [0, 0.1) is 6.92 Å². The zero-order valence-electron chi connectivity index (χ0n) is 18.5. The van der Waals surface area contributed by atoms with Crippen molar-refractivity contribution in [1.82, 2.24) is 0 Å². The molecule has 0 amide bonds. The van der Waals surface area contributed by atoms with E-state index in [9.17, 15) is 4.79 Å². The van der Waals surface area contributed by atoms with E-state index in [1.807, 2.05) is 67.6 Å². The molecule has 0 bridgehead atoms. The Balaban J connectivity index is 1.79. The van der Waals surface area contributed by atoms with E-state index in [0.717, 1.165) is 50.6 Å². The van der Waals surface area contributed by atoms with Gasteiger partial charge in [0.25, 0.3) is 0 Å². The summed E-state index contributed by atoms with van der Waals surface area (Å²) in [4.78, 5) is 16.3. The van der Waals surface area contributed by atoms with Gasteiger partial charge in [0.2, 0.25) is 0 Å². The van der Waals surface area contributed by atoms with Gasteiger partial charge in [-0.3, -0.25) is 4.79 Å². The number of methoxy groups -OCH3 is 2. The highest BCUT2D eigenvalue weighted by Crippen LogP contribution is 2.54. The van der Waals surface area contributed by atoms with Gasteiger partial charge < -0.3 is 14.4 Å². The molecule has 3 aromatic rings. The molecule has 4 heteroatoms. The lowest BCUT2D eigenvalue weighted by molar-refractivity contribution is 0.0933. The van der Waals surface area contributed by atoms with Crippen molar-refractivity contribution in [3.63, 3.8) is 0 Å². The van der Waals surface area contributed by atoms with Gasteiger partial charge in [-0.25, -0.2) is 0 Å². The molecule has 4 nitrogen and oxygen atoms in total. The SMILES string of the molecule is C=CCN1c2ccc(C)cc2C(=O)C12C=C(c1ccc(OC)cc1)c1ccc(OC)cc12. The van der Waals surface area contributed by atoms with Crippen LogP contribution in [0.3, 0.4) is 0 Å². The second-order valence-electron chi connectivity index (χ2n) is 8.21. The highest BCUT2D eigenvalue weighted by molar-refractivity contribution is 6.18. The number of hydrogen-bond donors (Lipinski definition) is 0. The minimum Gasteiger partial charge on any atom is -0.497 e. The summed E-state index contributed by atoms with van der Waals surface area (Å²) >= 11 is 0. The Hall–Kier alpha value is -3.79. The molecule has 1 aliphatic carbocycles. The zero-order valence-corrected chi connectivity index (χ0v) is 18.5. The molecule has 5 rings (SSSR count). The summed E-state index contributed by atoms with van der Waals surface area (Å²) in [5, 5.41) is 0. The van der Waals surface area contributed by atoms with Crippen molar-refractivity contribution in [2.24, 2.45) is 0 Å². The Morgan fingerprint density at radius 2 is 1.66 bits per heavy atom. The van der Waals surface area contributed by atoms with Crippen LogP contribution in [0.4, 0.5) is 5.69 Å². The quantitative estimate of drug-likeness (QED) is 0.505. The minimum absolute atomic E-state index is 0.0797. The first-order valence-electron chi connectivity index (χ1n) is 10.6. The molecule has 1 heterocycles. The van der Waals surface area contributed by atoms with E-state index in [1.165, 1.54) is 0 Å². The van der Waals surface area contributed by atoms with Crippen LogP contribution >= 0.6 is 0 Å². The topological polar surface area (TPSA) is 38.8 Å². The Bertz CT molecular complexity index is 1270. The molecule has 0 fully saturated rings. The number of ether oxygens (including phenoxy) is 2. The van der Waals surface area contributed by atoms with Crippen molar-refractivity contribution >= 4 is 17.0 Å². The van der Waals surface area contributed by atoms with Crippen molar-refractivity contribution in [3.05, 3.63) is 107 Å². The number of anilines is 1. The summed E-state index contributed by atoms with van der Waals surface area (Å²) in [6.45, 7) is 6.53. The Labute approximate surface area is 188 Å². The van der Waals surface area contributed by atoms with Crippen LogP contribution in [0.25, 0.3) is 5.57 Å². The molecule has 0 N–H and O–H groups in total. The molecule has 1 aliphatic heterocycles. The number of rotatable bonds is 5. The lowest BCUT2D eigenvalue weighted by Crippen LogP contribution is -2.45. The first kappa shape index (κ1) is 20.1. The number of benzene rings is 3. The number of ketones is 1. The lowest BCUT2D eigenvalue weighted by atomic mass is 9.86. The van der Waals surface area contributed by atoms with Crippen molar-refractivity contribution in [3.8, 4) is 11.5 Å². The lowest BCUT2D eigenvalue weighted by Gasteiger charge is -2.35. The predicted octanol–water partition coefficient (Wildman–Crippen LogP) is 5.54. The summed E-state index contributed by atoms with van der Waals surface area (Å²) in [5.41, 5.74) is 5.82. The van der Waals surface area contributed by atoms with Gasteiger partial charge in [-0.15, -0.1) is 6.58 Å². The van der Waals surface area contributed by atoms with Gasteiger partial charge in [0.15, 0.2) is 5.78 Å². The molecule has 160 valence electrons. The minimum atomic E-state index is -0.941. The third kappa shape index (κ3) is 2.72. The van der Waals surface area contributed by atoms with Crippen molar-refractivity contribution < 1.29 is 14.3 Å². The summed E-state index contributed by atoms with van der Waals surface area (Å²) in [6.07, 6.45) is 3.96. The fourth-order valence-corrected chi connectivity index (χ4v) is 4.94. The van der Waals surface area contributed by atoms with Crippen LogP contribution in [0.15, 0.2) is 79.4 Å². The monoisotopic (exact) mass is 423 g/mol. The average molecular weight is 424 g/mol. The van der Waals surface area contributed by atoms with E-state index in [-0.39, 0.29) is 5.78 Å². The molecule has 0 radical (unpaired) electrons. The van der Waals surface area contributed by atoms with E-state index in [2.05, 4.69) is 23.6 Å². The Kier molecular flexibility index (Phi) is 4.66. The molecular formula is C28H25NO3. The Morgan fingerprint density at radius 1 is 0.938 bits per heavy atom. The van der Waals surface area contributed by atoms with Crippen molar-refractivity contribution in [1.29, 1.82) is 0 Å². The maximum atomic E-state index is 14.1. The normalized spacial score (nSPS) is 18.4. The average Bonchev–Trinajstić information content (AvgIpc) is 3.28. The second-order valence-corrected chi connectivity index (χ2v) is 8.21. The molecule has 2 aliphatic rings. The van der Waals surface area contributed by atoms with Crippen molar-refractivity contribution in [2.75, 3.05) is 25.7 Å². The molecule has 0 saturated carbocycles. The van der Waals surface area contributed by atoms with Gasteiger partial charge in [-0.05, 0) is 66.1 Å². The number of nitrogens with zero attached hydrogens (tertiary/aromatic N) is 1. The molecular weight excluding hydrogens is 398 g/mol. The molecule has 32 heavy (non-hydrogen) atoms. The standard InChI is InChI=1S/C28H25NO3/c1-5-14-29-26-13-6-18(2)15-23(26)27(30)28(29)17-24(19-7-9-20(31-3)10-8-19)22-12-11-21(32-4)16-25(22)28/h5-13,15-17H,1,14H2,2-4H3. The van der Waals surface area contributed by atoms with Gasteiger partial charge in [0, 0.05) is 23.4 Å². The van der Waals surface area contributed by atoms with Gasteiger partial charge in [-0.2, -0.15) is 0 Å². The predicted molar refractivity (Wildman–Crippen MR) is 128 cm³/mol. The third-order valence-electron chi connectivity index (χ3n) is 6.45. The van der Waals surface area contributed by atoms with Crippen LogP contribution < -0.4 is 14.4 Å². The molecule has 0 aromatic heterocycles. The molecule has 3 aromatic carbocycles. The molecule has 1 atom stereocenters. The zero-order chi connectivity index (χ0) is 22.5. The van der Waals surface area contributed by atoms with Gasteiger partial charge in [0.1, 0.15) is 17.0 Å². The highest BCUT2D eigenvalue weighted by atomic mass is 16.5. The van der Waals surface area contributed by atoms with Crippen LogP contribution in [0.2, 0.25) is 0 Å². The summed E-state index contributed by atoms with van der Waals surface area (Å²) < 4.78 is 10.9. The first-order chi connectivity index (χ1) is 15.5.